The lowest BCUT2D eigenvalue weighted by atomic mass is 9.98. The second-order valence-corrected chi connectivity index (χ2v) is 6.82. The van der Waals surface area contributed by atoms with Crippen LogP contribution in [0.15, 0.2) is 109 Å². The summed E-state index contributed by atoms with van der Waals surface area (Å²) < 4.78 is 33.6. The maximum absolute atomic E-state index is 13.5. The minimum atomic E-state index is -0.410. The maximum atomic E-state index is 13.5. The zero-order valence-corrected chi connectivity index (χ0v) is 15.7. The van der Waals surface area contributed by atoms with Gasteiger partial charge in [-0.05, 0) is 46.5 Å². The van der Waals surface area contributed by atoms with Crippen LogP contribution in [0.4, 0.5) is 8.78 Å². The molecule has 0 amide bonds. The Morgan fingerprint density at radius 1 is 0.414 bits per heavy atom. The van der Waals surface area contributed by atoms with E-state index in [9.17, 15) is 8.78 Å². The fourth-order valence-corrected chi connectivity index (χ4v) is 3.37. The van der Waals surface area contributed by atoms with Crippen molar-refractivity contribution < 1.29 is 13.5 Å². The van der Waals surface area contributed by atoms with Gasteiger partial charge in [0.2, 0.25) is 0 Å². The van der Waals surface area contributed by atoms with E-state index < -0.39 is 12.2 Å². The Balaban J connectivity index is 1.77. The average Bonchev–Trinajstić information content (AvgIpc) is 2.77. The minimum absolute atomic E-state index is 0.293. The largest absolute Gasteiger partial charge is 0.356 e. The van der Waals surface area contributed by atoms with Crippen molar-refractivity contribution in [2.45, 2.75) is 12.2 Å². The molecule has 0 bridgehead atoms. The normalized spacial score (nSPS) is 13.0. The molecule has 0 heterocycles. The summed E-state index contributed by atoms with van der Waals surface area (Å²) in [6, 6.07) is 32.3. The molecule has 0 spiro atoms. The molecular formula is C26H20F2O. The second-order valence-electron chi connectivity index (χ2n) is 6.82. The molecule has 0 saturated carbocycles. The highest BCUT2D eigenvalue weighted by atomic mass is 19.1. The van der Waals surface area contributed by atoms with Gasteiger partial charge in [-0.1, -0.05) is 84.9 Å². The Hall–Kier alpha value is -3.30. The lowest BCUT2D eigenvalue weighted by Gasteiger charge is -2.27. The summed E-state index contributed by atoms with van der Waals surface area (Å²) in [4.78, 5) is 0. The third-order valence-electron chi connectivity index (χ3n) is 4.82. The molecule has 0 fully saturated rings. The van der Waals surface area contributed by atoms with E-state index in [1.165, 1.54) is 24.3 Å². The molecule has 0 aliphatic carbocycles. The monoisotopic (exact) mass is 386 g/mol. The molecular weight excluding hydrogens is 366 g/mol. The molecule has 4 aromatic rings. The van der Waals surface area contributed by atoms with Gasteiger partial charge in [0.25, 0.3) is 0 Å². The minimum Gasteiger partial charge on any atom is -0.356 e. The molecule has 0 aliphatic rings. The highest BCUT2D eigenvalue weighted by Gasteiger charge is 2.23. The first kappa shape index (κ1) is 19.0. The van der Waals surface area contributed by atoms with Crippen LogP contribution >= 0.6 is 0 Å². The van der Waals surface area contributed by atoms with Crippen molar-refractivity contribution in [1.29, 1.82) is 0 Å². The average molecular weight is 386 g/mol. The SMILES string of the molecule is Fc1ccc(C(OC(c2ccccc2)c2ccc(F)cc2)c2ccccc2)cc1. The molecule has 2 unspecified atom stereocenters. The van der Waals surface area contributed by atoms with Crippen molar-refractivity contribution in [3.05, 3.63) is 143 Å². The van der Waals surface area contributed by atoms with Crippen molar-refractivity contribution in [2.75, 3.05) is 0 Å². The molecule has 3 heteroatoms. The van der Waals surface area contributed by atoms with E-state index in [2.05, 4.69) is 0 Å². The van der Waals surface area contributed by atoms with Crippen LogP contribution in [0.25, 0.3) is 0 Å². The Labute approximate surface area is 169 Å². The summed E-state index contributed by atoms with van der Waals surface area (Å²) in [5, 5.41) is 0. The topological polar surface area (TPSA) is 9.23 Å². The zero-order valence-electron chi connectivity index (χ0n) is 15.7. The second kappa shape index (κ2) is 8.80. The predicted octanol–water partition coefficient (Wildman–Crippen LogP) is 6.86. The fourth-order valence-electron chi connectivity index (χ4n) is 3.37. The van der Waals surface area contributed by atoms with Crippen LogP contribution in [-0.4, -0.2) is 0 Å². The Kier molecular flexibility index (Phi) is 5.78. The van der Waals surface area contributed by atoms with E-state index in [0.29, 0.717) is 0 Å². The molecule has 29 heavy (non-hydrogen) atoms. The van der Waals surface area contributed by atoms with E-state index in [1.807, 2.05) is 60.7 Å². The number of hydrogen-bond donors (Lipinski definition) is 0. The predicted molar refractivity (Wildman–Crippen MR) is 110 cm³/mol. The van der Waals surface area contributed by atoms with Crippen molar-refractivity contribution >= 4 is 0 Å². The quantitative estimate of drug-likeness (QED) is 0.352. The highest BCUT2D eigenvalue weighted by Crippen LogP contribution is 2.36. The Morgan fingerprint density at radius 3 is 1.07 bits per heavy atom. The van der Waals surface area contributed by atoms with Crippen molar-refractivity contribution in [2.24, 2.45) is 0 Å². The van der Waals surface area contributed by atoms with Crippen LogP contribution in [0, 0.1) is 11.6 Å². The van der Waals surface area contributed by atoms with E-state index in [4.69, 9.17) is 4.74 Å². The van der Waals surface area contributed by atoms with Gasteiger partial charge in [-0.25, -0.2) is 8.78 Å². The van der Waals surface area contributed by atoms with Gasteiger partial charge < -0.3 is 4.74 Å². The molecule has 4 aromatic carbocycles. The third-order valence-corrected chi connectivity index (χ3v) is 4.82. The first-order chi connectivity index (χ1) is 14.2. The van der Waals surface area contributed by atoms with Crippen LogP contribution in [0.1, 0.15) is 34.5 Å². The van der Waals surface area contributed by atoms with Gasteiger partial charge in [0.05, 0.1) is 0 Å². The summed E-state index contributed by atoms with van der Waals surface area (Å²) in [7, 11) is 0. The van der Waals surface area contributed by atoms with Crippen LogP contribution in [0.3, 0.4) is 0 Å². The summed E-state index contributed by atoms with van der Waals surface area (Å²) in [5.74, 6) is -0.586. The number of rotatable bonds is 6. The summed E-state index contributed by atoms with van der Waals surface area (Å²) in [6.07, 6.45) is -0.820. The number of benzene rings is 4. The van der Waals surface area contributed by atoms with Crippen molar-refractivity contribution in [3.63, 3.8) is 0 Å². The van der Waals surface area contributed by atoms with E-state index in [1.54, 1.807) is 24.3 Å². The van der Waals surface area contributed by atoms with Crippen molar-refractivity contribution in [3.8, 4) is 0 Å². The van der Waals surface area contributed by atoms with Gasteiger partial charge in [-0.2, -0.15) is 0 Å². The zero-order chi connectivity index (χ0) is 20.1. The molecule has 1 nitrogen and oxygen atoms in total. The maximum Gasteiger partial charge on any atom is 0.123 e. The molecule has 4 rings (SSSR count). The summed E-state index contributed by atoms with van der Waals surface area (Å²) in [5.41, 5.74) is 3.62. The third kappa shape index (κ3) is 4.58. The molecule has 2 atom stereocenters. The molecule has 0 radical (unpaired) electrons. The first-order valence-electron chi connectivity index (χ1n) is 9.47. The van der Waals surface area contributed by atoms with Gasteiger partial charge in [-0.3, -0.25) is 0 Å². The smallest absolute Gasteiger partial charge is 0.123 e. The molecule has 0 saturated heterocycles. The number of hydrogen-bond acceptors (Lipinski definition) is 1. The van der Waals surface area contributed by atoms with Gasteiger partial charge in [0.15, 0.2) is 0 Å². The van der Waals surface area contributed by atoms with E-state index in [0.717, 1.165) is 22.3 Å². The summed E-state index contributed by atoms with van der Waals surface area (Å²) in [6.45, 7) is 0. The lowest BCUT2D eigenvalue weighted by Crippen LogP contribution is -2.13. The van der Waals surface area contributed by atoms with Gasteiger partial charge in [-0.15, -0.1) is 0 Å². The molecule has 0 N–H and O–H groups in total. The van der Waals surface area contributed by atoms with Gasteiger partial charge in [0, 0.05) is 0 Å². The number of ether oxygens (including phenoxy) is 1. The highest BCUT2D eigenvalue weighted by molar-refractivity contribution is 5.34. The Morgan fingerprint density at radius 2 is 0.724 bits per heavy atom. The lowest BCUT2D eigenvalue weighted by molar-refractivity contribution is 0.0308. The van der Waals surface area contributed by atoms with E-state index in [-0.39, 0.29) is 11.6 Å². The fraction of sp³-hybridized carbons (Fsp3) is 0.0769. The van der Waals surface area contributed by atoms with Crippen LogP contribution < -0.4 is 0 Å². The van der Waals surface area contributed by atoms with Crippen molar-refractivity contribution in [1.82, 2.24) is 0 Å². The number of halogens is 2. The Bertz CT molecular complexity index is 943. The van der Waals surface area contributed by atoms with Crippen LogP contribution in [0.5, 0.6) is 0 Å². The van der Waals surface area contributed by atoms with Crippen LogP contribution in [0.2, 0.25) is 0 Å². The van der Waals surface area contributed by atoms with Gasteiger partial charge in [0.1, 0.15) is 23.8 Å². The molecule has 144 valence electrons. The van der Waals surface area contributed by atoms with Gasteiger partial charge >= 0.3 is 0 Å². The molecule has 0 aromatic heterocycles. The molecule has 0 aliphatic heterocycles. The van der Waals surface area contributed by atoms with Crippen LogP contribution in [-0.2, 0) is 4.74 Å². The standard InChI is InChI=1S/C26H20F2O/c27-23-15-11-21(12-16-23)25(19-7-3-1-4-8-19)29-26(20-9-5-2-6-10-20)22-13-17-24(28)18-14-22/h1-18,25-26H. The van der Waals surface area contributed by atoms with E-state index >= 15 is 0 Å². The summed E-state index contributed by atoms with van der Waals surface area (Å²) >= 11 is 0. The first-order valence-corrected chi connectivity index (χ1v) is 9.47.